The van der Waals surface area contributed by atoms with Gasteiger partial charge in [-0.05, 0) is 12.8 Å². The Labute approximate surface area is 90.6 Å². The maximum absolute atomic E-state index is 11.9. The van der Waals surface area contributed by atoms with Crippen LogP contribution in [0, 0.1) is 0 Å². The summed E-state index contributed by atoms with van der Waals surface area (Å²) in [5.74, 6) is -0.668. The number of nitrogens with zero attached hydrogens (tertiary/aromatic N) is 1. The van der Waals surface area contributed by atoms with E-state index in [0.717, 1.165) is 0 Å². The highest BCUT2D eigenvalue weighted by molar-refractivity contribution is 5.88. The number of carbonyl (C=O) groups is 2. The topological polar surface area (TPSA) is 72.6 Å². The third kappa shape index (κ3) is 3.51. The van der Waals surface area contributed by atoms with Gasteiger partial charge in [0.25, 0.3) is 0 Å². The molecular weight excluding hydrogens is 196 g/mol. The summed E-state index contributed by atoms with van der Waals surface area (Å²) in [7, 11) is 2.84. The molecule has 5 nitrogen and oxygen atoms in total. The van der Waals surface area contributed by atoms with Gasteiger partial charge in [-0.1, -0.05) is 13.8 Å². The number of esters is 1. The van der Waals surface area contributed by atoms with Crippen molar-refractivity contribution in [2.24, 2.45) is 5.73 Å². The lowest BCUT2D eigenvalue weighted by Crippen LogP contribution is -2.54. The van der Waals surface area contributed by atoms with E-state index in [-0.39, 0.29) is 12.5 Å². The van der Waals surface area contributed by atoms with E-state index in [1.165, 1.54) is 12.0 Å². The predicted octanol–water partition coefficient (Wildman–Crippen LogP) is 0.135. The number of hydrogen-bond donors (Lipinski definition) is 1. The van der Waals surface area contributed by atoms with Crippen molar-refractivity contribution in [3.05, 3.63) is 0 Å². The van der Waals surface area contributed by atoms with Crippen LogP contribution in [0.15, 0.2) is 0 Å². The molecule has 5 heteroatoms. The van der Waals surface area contributed by atoms with Crippen LogP contribution in [-0.4, -0.2) is 43.0 Å². The van der Waals surface area contributed by atoms with Crippen molar-refractivity contribution in [3.8, 4) is 0 Å². The Hall–Kier alpha value is -1.10. The molecular formula is C10H20N2O3. The highest BCUT2D eigenvalue weighted by Gasteiger charge is 2.33. The quantitative estimate of drug-likeness (QED) is 0.663. The van der Waals surface area contributed by atoms with Gasteiger partial charge >= 0.3 is 5.97 Å². The molecule has 15 heavy (non-hydrogen) atoms. The number of hydrogen-bond acceptors (Lipinski definition) is 4. The molecule has 0 saturated carbocycles. The number of rotatable bonds is 5. The standard InChI is InChI=1S/C10H20N2O3/c1-5-10(11,6-2)9(14)12(3)7-8(13)15-4/h5-7,11H2,1-4H3. The number of amides is 1. The van der Waals surface area contributed by atoms with Gasteiger partial charge in [0.1, 0.15) is 6.54 Å². The molecule has 0 bridgehead atoms. The van der Waals surface area contributed by atoms with Gasteiger partial charge in [-0.15, -0.1) is 0 Å². The van der Waals surface area contributed by atoms with Gasteiger partial charge in [0.2, 0.25) is 5.91 Å². The summed E-state index contributed by atoms with van der Waals surface area (Å²) in [6.07, 6.45) is 1.10. The maximum Gasteiger partial charge on any atom is 0.325 e. The lowest BCUT2D eigenvalue weighted by Gasteiger charge is -2.30. The highest BCUT2D eigenvalue weighted by atomic mass is 16.5. The number of carbonyl (C=O) groups excluding carboxylic acids is 2. The molecule has 0 aliphatic rings. The lowest BCUT2D eigenvalue weighted by molar-refractivity contribution is -0.148. The smallest absolute Gasteiger partial charge is 0.325 e. The van der Waals surface area contributed by atoms with Crippen LogP contribution in [0.4, 0.5) is 0 Å². The molecule has 0 aromatic heterocycles. The minimum Gasteiger partial charge on any atom is -0.468 e. The average molecular weight is 216 g/mol. The largest absolute Gasteiger partial charge is 0.468 e. The molecule has 2 N–H and O–H groups in total. The molecule has 1 amide bonds. The van der Waals surface area contributed by atoms with Crippen LogP contribution < -0.4 is 5.73 Å². The molecule has 0 rings (SSSR count). The number of nitrogens with two attached hydrogens (primary N) is 1. The normalized spacial score (nSPS) is 11.0. The molecule has 88 valence electrons. The Morgan fingerprint density at radius 3 is 2.13 bits per heavy atom. The third-order valence-corrected chi connectivity index (χ3v) is 2.63. The van der Waals surface area contributed by atoms with Crippen LogP contribution >= 0.6 is 0 Å². The summed E-state index contributed by atoms with van der Waals surface area (Å²) in [4.78, 5) is 24.1. The average Bonchev–Trinajstić information content (AvgIpc) is 2.26. The van der Waals surface area contributed by atoms with E-state index >= 15 is 0 Å². The van der Waals surface area contributed by atoms with E-state index in [1.54, 1.807) is 7.05 Å². The van der Waals surface area contributed by atoms with Crippen molar-refractivity contribution in [1.82, 2.24) is 4.90 Å². The molecule has 0 aromatic carbocycles. The molecule has 0 atom stereocenters. The van der Waals surface area contributed by atoms with Gasteiger partial charge in [0.05, 0.1) is 12.6 Å². The highest BCUT2D eigenvalue weighted by Crippen LogP contribution is 2.14. The second kappa shape index (κ2) is 5.70. The van der Waals surface area contributed by atoms with Crippen molar-refractivity contribution >= 4 is 11.9 Å². The Morgan fingerprint density at radius 1 is 1.33 bits per heavy atom. The SMILES string of the molecule is CCC(N)(CC)C(=O)N(C)CC(=O)OC. The molecule has 0 heterocycles. The predicted molar refractivity (Wildman–Crippen MR) is 57.2 cm³/mol. The molecule has 0 radical (unpaired) electrons. The summed E-state index contributed by atoms with van der Waals surface area (Å²) in [5, 5.41) is 0. The first-order valence-corrected chi connectivity index (χ1v) is 5.02. The van der Waals surface area contributed by atoms with Gasteiger partial charge < -0.3 is 15.4 Å². The van der Waals surface area contributed by atoms with E-state index in [4.69, 9.17) is 5.73 Å². The molecule has 0 aromatic rings. The van der Waals surface area contributed by atoms with E-state index in [0.29, 0.717) is 12.8 Å². The van der Waals surface area contributed by atoms with Crippen molar-refractivity contribution in [2.45, 2.75) is 32.2 Å². The first-order valence-electron chi connectivity index (χ1n) is 5.02. The summed E-state index contributed by atoms with van der Waals surface area (Å²) >= 11 is 0. The fourth-order valence-electron chi connectivity index (χ4n) is 1.26. The minimum atomic E-state index is -0.872. The van der Waals surface area contributed by atoms with Crippen molar-refractivity contribution in [3.63, 3.8) is 0 Å². The van der Waals surface area contributed by atoms with Crippen LogP contribution in [0.5, 0.6) is 0 Å². The second-order valence-electron chi connectivity index (χ2n) is 3.60. The number of methoxy groups -OCH3 is 1. The van der Waals surface area contributed by atoms with Gasteiger partial charge in [0.15, 0.2) is 0 Å². The Kier molecular flexibility index (Phi) is 5.28. The molecule has 0 aliphatic carbocycles. The van der Waals surface area contributed by atoms with Crippen LogP contribution in [0.25, 0.3) is 0 Å². The zero-order valence-electron chi connectivity index (χ0n) is 9.87. The monoisotopic (exact) mass is 216 g/mol. The van der Waals surface area contributed by atoms with Gasteiger partial charge in [0, 0.05) is 7.05 Å². The Morgan fingerprint density at radius 2 is 1.80 bits per heavy atom. The van der Waals surface area contributed by atoms with Crippen molar-refractivity contribution in [1.29, 1.82) is 0 Å². The van der Waals surface area contributed by atoms with Gasteiger partial charge in [-0.2, -0.15) is 0 Å². The Balaban J connectivity index is 4.49. The van der Waals surface area contributed by atoms with Crippen LogP contribution in [0.3, 0.4) is 0 Å². The first-order chi connectivity index (χ1) is 6.91. The minimum absolute atomic E-state index is 0.0612. The van der Waals surface area contributed by atoms with Crippen LogP contribution in [-0.2, 0) is 14.3 Å². The third-order valence-electron chi connectivity index (χ3n) is 2.63. The fourth-order valence-corrected chi connectivity index (χ4v) is 1.26. The zero-order valence-corrected chi connectivity index (χ0v) is 9.87. The second-order valence-corrected chi connectivity index (χ2v) is 3.60. The number of likely N-dealkylation sites (N-methyl/N-ethyl adjacent to an activating group) is 1. The maximum atomic E-state index is 11.9. The van der Waals surface area contributed by atoms with Crippen molar-refractivity contribution < 1.29 is 14.3 Å². The molecule has 0 aliphatic heterocycles. The lowest BCUT2D eigenvalue weighted by atomic mass is 9.92. The zero-order chi connectivity index (χ0) is 12.1. The van der Waals surface area contributed by atoms with E-state index in [1.807, 2.05) is 13.8 Å². The van der Waals surface area contributed by atoms with Crippen molar-refractivity contribution in [2.75, 3.05) is 20.7 Å². The summed E-state index contributed by atoms with van der Waals surface area (Å²) in [6.45, 7) is 3.65. The van der Waals surface area contributed by atoms with Crippen LogP contribution in [0.1, 0.15) is 26.7 Å². The van der Waals surface area contributed by atoms with E-state index in [9.17, 15) is 9.59 Å². The molecule has 0 saturated heterocycles. The molecule has 0 spiro atoms. The van der Waals surface area contributed by atoms with E-state index in [2.05, 4.69) is 4.74 Å². The summed E-state index contributed by atoms with van der Waals surface area (Å²) in [6, 6.07) is 0. The van der Waals surface area contributed by atoms with Crippen LogP contribution in [0.2, 0.25) is 0 Å². The Bertz CT molecular complexity index is 237. The first kappa shape index (κ1) is 13.9. The summed E-state index contributed by atoms with van der Waals surface area (Å²) < 4.78 is 4.48. The summed E-state index contributed by atoms with van der Waals surface area (Å²) in [5.41, 5.74) is 5.04. The molecule has 0 fully saturated rings. The van der Waals surface area contributed by atoms with Gasteiger partial charge in [-0.3, -0.25) is 9.59 Å². The van der Waals surface area contributed by atoms with E-state index < -0.39 is 11.5 Å². The number of ether oxygens (including phenoxy) is 1. The molecule has 0 unspecified atom stereocenters. The van der Waals surface area contributed by atoms with Gasteiger partial charge in [-0.25, -0.2) is 0 Å². The fraction of sp³-hybridized carbons (Fsp3) is 0.800.